The van der Waals surface area contributed by atoms with Crippen LogP contribution in [0.3, 0.4) is 0 Å². The van der Waals surface area contributed by atoms with Crippen LogP contribution < -0.4 is 0 Å². The van der Waals surface area contributed by atoms with E-state index in [4.69, 9.17) is 4.74 Å². The molecular formula is C26H32O4. The van der Waals surface area contributed by atoms with Crippen molar-refractivity contribution in [1.29, 1.82) is 0 Å². The maximum absolute atomic E-state index is 13.1. The van der Waals surface area contributed by atoms with Crippen LogP contribution >= 0.6 is 0 Å². The Bertz CT molecular complexity index is 755. The first-order valence-corrected chi connectivity index (χ1v) is 11.1. The lowest BCUT2D eigenvalue weighted by molar-refractivity contribution is -0.164. The van der Waals surface area contributed by atoms with Crippen LogP contribution in [0.2, 0.25) is 0 Å². The zero-order valence-corrected chi connectivity index (χ0v) is 17.7. The molecule has 4 heteroatoms. The number of unbranched alkanes of at least 4 members (excludes halogenated alkanes) is 5. The molecule has 3 rings (SSSR count). The molecule has 0 spiro atoms. The van der Waals surface area contributed by atoms with Crippen molar-refractivity contribution >= 4 is 11.9 Å². The predicted octanol–water partition coefficient (Wildman–Crippen LogP) is 5.79. The van der Waals surface area contributed by atoms with Crippen LogP contribution in [-0.4, -0.2) is 23.7 Å². The first-order chi connectivity index (χ1) is 14.6. The Hall–Kier alpha value is -2.62. The molecule has 0 unspecified atom stereocenters. The van der Waals surface area contributed by atoms with E-state index in [9.17, 15) is 14.7 Å². The summed E-state index contributed by atoms with van der Waals surface area (Å²) < 4.78 is 5.65. The number of benzene rings is 2. The molecule has 0 aliphatic heterocycles. The van der Waals surface area contributed by atoms with Gasteiger partial charge in [0.2, 0.25) is 0 Å². The molecule has 4 nitrogen and oxygen atoms in total. The van der Waals surface area contributed by atoms with Gasteiger partial charge in [-0.1, -0.05) is 99.7 Å². The average Bonchev–Trinajstić information content (AvgIpc) is 2.74. The lowest BCUT2D eigenvalue weighted by Gasteiger charge is -2.49. The minimum atomic E-state index is -0.863. The summed E-state index contributed by atoms with van der Waals surface area (Å²) in [7, 11) is 0. The standard InChI is InChI=1S/C26H32O4/c1-2-3-4-5-6-13-18-30-26(29)24-21(19-14-9-7-10-15-19)23(25(27)28)22(24)20-16-11-8-12-17-20/h7-12,14-17,21-24H,2-6,13,18H2,1H3,(H,27,28)/t21-,22-,23?,24?/m0/s1. The van der Waals surface area contributed by atoms with Gasteiger partial charge in [0, 0.05) is 11.8 Å². The van der Waals surface area contributed by atoms with E-state index >= 15 is 0 Å². The lowest BCUT2D eigenvalue weighted by atomic mass is 9.52. The molecule has 0 bridgehead atoms. The van der Waals surface area contributed by atoms with Gasteiger partial charge in [0.25, 0.3) is 0 Å². The van der Waals surface area contributed by atoms with Crippen LogP contribution in [-0.2, 0) is 14.3 Å². The Morgan fingerprint density at radius 2 is 1.27 bits per heavy atom. The molecule has 0 aromatic heterocycles. The number of carbonyl (C=O) groups is 2. The van der Waals surface area contributed by atoms with Gasteiger partial charge < -0.3 is 9.84 Å². The van der Waals surface area contributed by atoms with Gasteiger partial charge in [0.05, 0.1) is 18.4 Å². The number of rotatable bonds is 11. The SMILES string of the molecule is CCCCCCCCOC(=O)C1[C@@H](c2ccccc2)C(C(=O)O)[C@@H]1c1ccccc1. The maximum atomic E-state index is 13.1. The first-order valence-electron chi connectivity index (χ1n) is 11.1. The molecule has 1 aliphatic rings. The lowest BCUT2D eigenvalue weighted by Crippen LogP contribution is -2.51. The van der Waals surface area contributed by atoms with Crippen LogP contribution in [0, 0.1) is 11.8 Å². The van der Waals surface area contributed by atoms with Crippen LogP contribution in [0.5, 0.6) is 0 Å². The molecule has 2 aromatic carbocycles. The van der Waals surface area contributed by atoms with Crippen molar-refractivity contribution in [3.8, 4) is 0 Å². The second-order valence-corrected chi connectivity index (χ2v) is 8.20. The quantitative estimate of drug-likeness (QED) is 0.378. The highest BCUT2D eigenvalue weighted by molar-refractivity contribution is 5.84. The summed E-state index contributed by atoms with van der Waals surface area (Å²) in [5.74, 6) is -2.99. The van der Waals surface area contributed by atoms with Crippen molar-refractivity contribution in [1.82, 2.24) is 0 Å². The fourth-order valence-electron chi connectivity index (χ4n) is 4.68. The van der Waals surface area contributed by atoms with Gasteiger partial charge in [-0.3, -0.25) is 9.59 Å². The third kappa shape index (κ3) is 5.10. The van der Waals surface area contributed by atoms with Gasteiger partial charge in [-0.15, -0.1) is 0 Å². The van der Waals surface area contributed by atoms with Crippen molar-refractivity contribution in [2.24, 2.45) is 11.8 Å². The average molecular weight is 409 g/mol. The third-order valence-electron chi connectivity index (χ3n) is 6.22. The van der Waals surface area contributed by atoms with Gasteiger partial charge in [-0.05, 0) is 17.5 Å². The van der Waals surface area contributed by atoms with E-state index in [1.807, 2.05) is 60.7 Å². The predicted molar refractivity (Wildman–Crippen MR) is 117 cm³/mol. The highest BCUT2D eigenvalue weighted by atomic mass is 16.5. The molecule has 30 heavy (non-hydrogen) atoms. The summed E-state index contributed by atoms with van der Waals surface area (Å²) in [4.78, 5) is 25.2. The number of carboxylic acid groups (broad SMARTS) is 1. The highest BCUT2D eigenvalue weighted by Gasteiger charge is 2.59. The summed E-state index contributed by atoms with van der Waals surface area (Å²) in [5.41, 5.74) is 1.78. The third-order valence-corrected chi connectivity index (χ3v) is 6.22. The second kappa shape index (κ2) is 11.0. The zero-order chi connectivity index (χ0) is 21.3. The van der Waals surface area contributed by atoms with E-state index in [2.05, 4.69) is 6.92 Å². The molecule has 1 fully saturated rings. The number of aliphatic carboxylic acids is 1. The highest BCUT2D eigenvalue weighted by Crippen LogP contribution is 2.58. The van der Waals surface area contributed by atoms with Crippen LogP contribution in [0.15, 0.2) is 60.7 Å². The Morgan fingerprint density at radius 1 is 0.767 bits per heavy atom. The van der Waals surface area contributed by atoms with Gasteiger partial charge >= 0.3 is 11.9 Å². The topological polar surface area (TPSA) is 63.6 Å². The summed E-state index contributed by atoms with van der Waals surface area (Å²) >= 11 is 0. The molecule has 2 atom stereocenters. The number of carbonyl (C=O) groups excluding carboxylic acids is 1. The molecule has 0 saturated heterocycles. The Morgan fingerprint density at radius 3 is 1.77 bits per heavy atom. The Balaban J connectivity index is 1.73. The normalized spacial score (nSPS) is 22.8. The van der Waals surface area contributed by atoms with Gasteiger partial charge in [0.1, 0.15) is 0 Å². The summed E-state index contributed by atoms with van der Waals surface area (Å²) in [6.45, 7) is 2.60. The van der Waals surface area contributed by atoms with Crippen molar-refractivity contribution in [3.63, 3.8) is 0 Å². The molecule has 1 N–H and O–H groups in total. The Kier molecular flexibility index (Phi) is 8.06. The zero-order valence-electron chi connectivity index (χ0n) is 17.7. The number of esters is 1. The molecular weight excluding hydrogens is 376 g/mol. The molecule has 1 saturated carbocycles. The van der Waals surface area contributed by atoms with Crippen LogP contribution in [0.4, 0.5) is 0 Å². The minimum absolute atomic E-state index is 0.274. The van der Waals surface area contributed by atoms with Crippen molar-refractivity contribution in [2.45, 2.75) is 57.3 Å². The van der Waals surface area contributed by atoms with Gasteiger partial charge in [-0.25, -0.2) is 0 Å². The van der Waals surface area contributed by atoms with Gasteiger partial charge in [-0.2, -0.15) is 0 Å². The van der Waals surface area contributed by atoms with E-state index in [0.29, 0.717) is 6.61 Å². The minimum Gasteiger partial charge on any atom is -0.481 e. The molecule has 1 aliphatic carbocycles. The monoisotopic (exact) mass is 408 g/mol. The van der Waals surface area contributed by atoms with Crippen molar-refractivity contribution in [2.75, 3.05) is 6.61 Å². The van der Waals surface area contributed by atoms with Crippen LogP contribution in [0.1, 0.15) is 68.4 Å². The van der Waals surface area contributed by atoms with E-state index in [1.165, 1.54) is 19.3 Å². The van der Waals surface area contributed by atoms with E-state index < -0.39 is 17.8 Å². The second-order valence-electron chi connectivity index (χ2n) is 8.20. The van der Waals surface area contributed by atoms with Crippen LogP contribution in [0.25, 0.3) is 0 Å². The van der Waals surface area contributed by atoms with Gasteiger partial charge in [0.15, 0.2) is 0 Å². The largest absolute Gasteiger partial charge is 0.481 e. The molecule has 160 valence electrons. The van der Waals surface area contributed by atoms with Crippen molar-refractivity contribution < 1.29 is 19.4 Å². The summed E-state index contributed by atoms with van der Waals surface area (Å²) in [5, 5.41) is 9.96. The van der Waals surface area contributed by atoms with E-state index in [0.717, 1.165) is 30.4 Å². The smallest absolute Gasteiger partial charge is 0.310 e. The number of carboxylic acids is 1. The summed E-state index contributed by atoms with van der Waals surface area (Å²) in [6, 6.07) is 19.0. The number of hydrogen-bond donors (Lipinski definition) is 1. The van der Waals surface area contributed by atoms with Crippen molar-refractivity contribution in [3.05, 3.63) is 71.8 Å². The Labute approximate surface area is 179 Å². The molecule has 0 radical (unpaired) electrons. The molecule has 0 amide bonds. The molecule has 2 aromatic rings. The first kappa shape index (κ1) is 22.1. The number of hydrogen-bond acceptors (Lipinski definition) is 3. The fourth-order valence-corrected chi connectivity index (χ4v) is 4.68. The van der Waals surface area contributed by atoms with E-state index in [-0.39, 0.29) is 17.8 Å². The fraction of sp³-hybridized carbons (Fsp3) is 0.462. The summed E-state index contributed by atoms with van der Waals surface area (Å²) in [6.07, 6.45) is 6.75. The maximum Gasteiger partial charge on any atom is 0.310 e. The van der Waals surface area contributed by atoms with E-state index in [1.54, 1.807) is 0 Å². The molecule has 0 heterocycles. The number of ether oxygens (including phenoxy) is 1.